The van der Waals surface area contributed by atoms with Gasteiger partial charge >= 0.3 is 5.97 Å². The number of ketones is 1. The van der Waals surface area contributed by atoms with Crippen LogP contribution in [0.1, 0.15) is 12.5 Å². The Labute approximate surface area is 127 Å². The van der Waals surface area contributed by atoms with Crippen LogP contribution < -0.4 is 0 Å². The zero-order chi connectivity index (χ0) is 15.8. The minimum Gasteiger partial charge on any atom is -0.454 e. The predicted octanol–water partition coefficient (Wildman–Crippen LogP) is 2.64. The number of benzene rings is 1. The van der Waals surface area contributed by atoms with Gasteiger partial charge in [-0.25, -0.2) is 4.79 Å². The van der Waals surface area contributed by atoms with Crippen molar-refractivity contribution in [2.75, 3.05) is 6.61 Å². The van der Waals surface area contributed by atoms with Gasteiger partial charge in [-0.15, -0.1) is 0 Å². The van der Waals surface area contributed by atoms with Crippen molar-refractivity contribution in [3.05, 3.63) is 40.9 Å². The number of nitrogens with zero attached hydrogens (tertiary/aromatic N) is 1. The minimum atomic E-state index is -1.18. The zero-order valence-electron chi connectivity index (χ0n) is 11.3. The van der Waals surface area contributed by atoms with E-state index in [1.807, 2.05) is 0 Å². The van der Waals surface area contributed by atoms with Crippen molar-refractivity contribution in [1.82, 2.24) is 0 Å². The number of nitriles is 1. The molecule has 1 aromatic carbocycles. The SMILES string of the molecule is CC(=N)C(C#N)C(=O)COC(=O)/C=C/c1ccccc1Cl. The first-order valence-electron chi connectivity index (χ1n) is 6.02. The van der Waals surface area contributed by atoms with Gasteiger partial charge in [0.05, 0.1) is 6.07 Å². The van der Waals surface area contributed by atoms with E-state index in [2.05, 4.69) is 0 Å². The van der Waals surface area contributed by atoms with Crippen LogP contribution in [0.5, 0.6) is 0 Å². The first kappa shape index (κ1) is 16.6. The molecule has 0 saturated heterocycles. The first-order valence-corrected chi connectivity index (χ1v) is 6.40. The van der Waals surface area contributed by atoms with Gasteiger partial charge in [0.2, 0.25) is 0 Å². The summed E-state index contributed by atoms with van der Waals surface area (Å²) in [5.41, 5.74) is 0.567. The molecule has 0 saturated carbocycles. The topological polar surface area (TPSA) is 91.0 Å². The van der Waals surface area contributed by atoms with Crippen molar-refractivity contribution in [1.29, 1.82) is 10.7 Å². The molecule has 0 heterocycles. The molecule has 1 atom stereocenters. The maximum absolute atomic E-state index is 11.6. The van der Waals surface area contributed by atoms with Crippen molar-refractivity contribution in [2.45, 2.75) is 6.92 Å². The normalized spacial score (nSPS) is 11.7. The van der Waals surface area contributed by atoms with Gasteiger partial charge in [0, 0.05) is 16.8 Å². The summed E-state index contributed by atoms with van der Waals surface area (Å²) in [6.45, 7) is 0.811. The molecule has 5 nitrogen and oxygen atoms in total. The number of Topliss-reactive ketones (excluding diaryl/α,β-unsaturated/α-hetero) is 1. The second-order valence-electron chi connectivity index (χ2n) is 4.17. The van der Waals surface area contributed by atoms with Crippen molar-refractivity contribution in [3.63, 3.8) is 0 Å². The third-order valence-corrected chi connectivity index (χ3v) is 2.89. The Balaban J connectivity index is 2.56. The van der Waals surface area contributed by atoms with E-state index in [4.69, 9.17) is 27.0 Å². The summed E-state index contributed by atoms with van der Waals surface area (Å²) in [5.74, 6) is -2.52. The largest absolute Gasteiger partial charge is 0.454 e. The number of carbonyl (C=O) groups excluding carboxylic acids is 2. The van der Waals surface area contributed by atoms with E-state index in [-0.39, 0.29) is 5.71 Å². The quantitative estimate of drug-likeness (QED) is 0.497. The molecule has 0 radical (unpaired) electrons. The molecule has 21 heavy (non-hydrogen) atoms. The summed E-state index contributed by atoms with van der Waals surface area (Å²) in [7, 11) is 0. The van der Waals surface area contributed by atoms with E-state index >= 15 is 0 Å². The highest BCUT2D eigenvalue weighted by molar-refractivity contribution is 6.32. The van der Waals surface area contributed by atoms with Crippen molar-refractivity contribution >= 4 is 35.1 Å². The second-order valence-corrected chi connectivity index (χ2v) is 4.58. The van der Waals surface area contributed by atoms with E-state index < -0.39 is 24.3 Å². The number of esters is 1. The molecule has 0 fully saturated rings. The molecule has 0 spiro atoms. The molecule has 0 aliphatic rings. The number of nitrogens with one attached hydrogen (secondary N) is 1. The van der Waals surface area contributed by atoms with Gasteiger partial charge in [-0.05, 0) is 24.6 Å². The van der Waals surface area contributed by atoms with Crippen molar-refractivity contribution in [3.8, 4) is 6.07 Å². The van der Waals surface area contributed by atoms with Crippen LogP contribution in [-0.2, 0) is 14.3 Å². The number of ether oxygens (including phenoxy) is 1. The zero-order valence-corrected chi connectivity index (χ0v) is 12.1. The van der Waals surface area contributed by atoms with Crippen molar-refractivity contribution in [2.24, 2.45) is 5.92 Å². The number of halogens is 1. The third-order valence-electron chi connectivity index (χ3n) is 2.54. The molecule has 0 amide bonds. The van der Waals surface area contributed by atoms with Crippen LogP contribution in [0.3, 0.4) is 0 Å². The van der Waals surface area contributed by atoms with Gasteiger partial charge in [-0.3, -0.25) is 4.79 Å². The highest BCUT2D eigenvalue weighted by atomic mass is 35.5. The van der Waals surface area contributed by atoms with Gasteiger partial charge in [0.25, 0.3) is 0 Å². The highest BCUT2D eigenvalue weighted by Crippen LogP contribution is 2.16. The van der Waals surface area contributed by atoms with Gasteiger partial charge in [0.1, 0.15) is 5.92 Å². The van der Waals surface area contributed by atoms with Crippen LogP contribution >= 0.6 is 11.6 Å². The van der Waals surface area contributed by atoms with E-state index in [1.54, 1.807) is 30.3 Å². The van der Waals surface area contributed by atoms with Crippen molar-refractivity contribution < 1.29 is 14.3 Å². The molecular weight excluding hydrogens is 292 g/mol. The Hall–Kier alpha value is -2.45. The molecular formula is C15H13ClN2O3. The van der Waals surface area contributed by atoms with Crippen LogP contribution in [0.4, 0.5) is 0 Å². The van der Waals surface area contributed by atoms with Gasteiger partial charge in [-0.2, -0.15) is 5.26 Å². The number of carbonyl (C=O) groups is 2. The van der Waals surface area contributed by atoms with Crippen LogP contribution in [0.15, 0.2) is 30.3 Å². The molecule has 0 aromatic heterocycles. The predicted molar refractivity (Wildman–Crippen MR) is 79.0 cm³/mol. The fourth-order valence-electron chi connectivity index (χ4n) is 1.45. The Morgan fingerprint density at radius 1 is 1.48 bits per heavy atom. The number of hydrogen-bond acceptors (Lipinski definition) is 5. The number of hydrogen-bond donors (Lipinski definition) is 1. The Morgan fingerprint density at radius 2 is 2.14 bits per heavy atom. The highest BCUT2D eigenvalue weighted by Gasteiger charge is 2.20. The molecule has 1 rings (SSSR count). The van der Waals surface area contributed by atoms with E-state index in [1.165, 1.54) is 13.0 Å². The second kappa shape index (κ2) is 7.98. The van der Waals surface area contributed by atoms with Crippen LogP contribution in [0.2, 0.25) is 5.02 Å². The molecule has 1 aromatic rings. The third kappa shape index (κ3) is 5.21. The monoisotopic (exact) mass is 304 g/mol. The summed E-state index contributed by atoms with van der Waals surface area (Å²) in [6, 6.07) is 8.63. The van der Waals surface area contributed by atoms with E-state index in [0.29, 0.717) is 10.6 Å². The lowest BCUT2D eigenvalue weighted by Gasteiger charge is -2.06. The Kier molecular flexibility index (Phi) is 6.31. The molecule has 0 aliphatic carbocycles. The summed E-state index contributed by atoms with van der Waals surface area (Å²) >= 11 is 5.91. The van der Waals surface area contributed by atoms with Crippen LogP contribution in [-0.4, -0.2) is 24.1 Å². The fraction of sp³-hybridized carbons (Fsp3) is 0.200. The lowest BCUT2D eigenvalue weighted by Crippen LogP contribution is -2.25. The fourth-order valence-corrected chi connectivity index (χ4v) is 1.65. The molecule has 0 bridgehead atoms. The lowest BCUT2D eigenvalue weighted by atomic mass is 10.0. The van der Waals surface area contributed by atoms with Gasteiger partial charge in [-0.1, -0.05) is 29.8 Å². The molecule has 0 aliphatic heterocycles. The standard InChI is InChI=1S/C15H13ClN2O3/c1-10(18)12(8-17)14(19)9-21-15(20)7-6-11-4-2-3-5-13(11)16/h2-7,12,18H,9H2,1H3/b7-6+,18-10?. The summed E-state index contributed by atoms with van der Waals surface area (Å²) < 4.78 is 4.73. The minimum absolute atomic E-state index is 0.0786. The number of rotatable bonds is 6. The molecule has 1 unspecified atom stereocenters. The van der Waals surface area contributed by atoms with Crippen LogP contribution in [0, 0.1) is 22.7 Å². The Morgan fingerprint density at radius 3 is 2.71 bits per heavy atom. The van der Waals surface area contributed by atoms with Gasteiger partial charge < -0.3 is 10.1 Å². The lowest BCUT2D eigenvalue weighted by molar-refractivity contribution is -0.143. The van der Waals surface area contributed by atoms with E-state index in [0.717, 1.165) is 6.08 Å². The van der Waals surface area contributed by atoms with Gasteiger partial charge in [0.15, 0.2) is 12.4 Å². The maximum Gasteiger partial charge on any atom is 0.331 e. The molecule has 6 heteroatoms. The van der Waals surface area contributed by atoms with E-state index in [9.17, 15) is 9.59 Å². The summed E-state index contributed by atoms with van der Waals surface area (Å²) in [4.78, 5) is 23.0. The first-order chi connectivity index (χ1) is 9.95. The van der Waals surface area contributed by atoms with Crippen LogP contribution in [0.25, 0.3) is 6.08 Å². The average Bonchev–Trinajstić information content (AvgIpc) is 2.44. The smallest absolute Gasteiger partial charge is 0.331 e. The summed E-state index contributed by atoms with van der Waals surface area (Å²) in [6.07, 6.45) is 2.62. The maximum atomic E-state index is 11.6. The molecule has 108 valence electrons. The average molecular weight is 305 g/mol. The Bertz CT molecular complexity index is 632. The molecule has 1 N–H and O–H groups in total. The summed E-state index contributed by atoms with van der Waals surface area (Å²) in [5, 5.41) is 16.5.